The van der Waals surface area contributed by atoms with Gasteiger partial charge >= 0.3 is 0 Å². The van der Waals surface area contributed by atoms with E-state index in [-0.39, 0.29) is 11.5 Å². The molecule has 0 aromatic heterocycles. The average Bonchev–Trinajstić information content (AvgIpc) is 2.95. The highest BCUT2D eigenvalue weighted by molar-refractivity contribution is 5.95. The Morgan fingerprint density at radius 3 is 2.94 bits per heavy atom. The quantitative estimate of drug-likeness (QED) is 0.766. The maximum atomic E-state index is 13.3. The normalized spacial score (nSPS) is 22.9. The molecule has 4 heteroatoms. The summed E-state index contributed by atoms with van der Waals surface area (Å²) in [5.74, 6) is 0.304. The first kappa shape index (κ1) is 10.9. The highest BCUT2D eigenvalue weighted by Gasteiger charge is 2.32. The van der Waals surface area contributed by atoms with Gasteiger partial charge in [0.1, 0.15) is 5.82 Å². The molecule has 0 aliphatic heterocycles. The average molecular weight is 222 g/mol. The van der Waals surface area contributed by atoms with Crippen molar-refractivity contribution in [1.29, 1.82) is 0 Å². The number of hydrogen-bond acceptors (Lipinski definition) is 2. The number of amides is 1. The van der Waals surface area contributed by atoms with Crippen molar-refractivity contribution in [2.45, 2.75) is 13.3 Å². The molecule has 0 bridgehead atoms. The van der Waals surface area contributed by atoms with Crippen LogP contribution in [0.4, 0.5) is 10.1 Å². The van der Waals surface area contributed by atoms with Crippen LogP contribution in [0.25, 0.3) is 0 Å². The largest absolute Gasteiger partial charge is 0.399 e. The van der Waals surface area contributed by atoms with Gasteiger partial charge in [-0.2, -0.15) is 0 Å². The SMILES string of the molecule is CC1CC1CNC(=O)c1cc(N)ccc1F. The fraction of sp³-hybridized carbons (Fsp3) is 0.417. The van der Waals surface area contributed by atoms with Crippen LogP contribution in [0.5, 0.6) is 0 Å². The zero-order chi connectivity index (χ0) is 11.7. The third-order valence-electron chi connectivity index (χ3n) is 3.04. The number of carbonyl (C=O) groups is 1. The summed E-state index contributed by atoms with van der Waals surface area (Å²) in [7, 11) is 0. The van der Waals surface area contributed by atoms with Crippen LogP contribution in [0.1, 0.15) is 23.7 Å². The van der Waals surface area contributed by atoms with Gasteiger partial charge in [0, 0.05) is 12.2 Å². The van der Waals surface area contributed by atoms with Gasteiger partial charge < -0.3 is 11.1 Å². The minimum absolute atomic E-state index is 0.0216. The lowest BCUT2D eigenvalue weighted by atomic mass is 10.1. The fourth-order valence-corrected chi connectivity index (χ4v) is 1.72. The maximum Gasteiger partial charge on any atom is 0.254 e. The maximum absolute atomic E-state index is 13.3. The van der Waals surface area contributed by atoms with Crippen molar-refractivity contribution >= 4 is 11.6 Å². The van der Waals surface area contributed by atoms with Crippen LogP contribution in [0.3, 0.4) is 0 Å². The van der Waals surface area contributed by atoms with E-state index in [1.165, 1.54) is 18.2 Å². The monoisotopic (exact) mass is 222 g/mol. The van der Waals surface area contributed by atoms with Crippen LogP contribution in [0.2, 0.25) is 0 Å². The Bertz CT molecular complexity index is 419. The molecule has 1 aliphatic rings. The number of hydrogen-bond donors (Lipinski definition) is 2. The van der Waals surface area contributed by atoms with Crippen molar-refractivity contribution in [2.75, 3.05) is 12.3 Å². The number of rotatable bonds is 3. The van der Waals surface area contributed by atoms with E-state index in [1.807, 2.05) is 0 Å². The van der Waals surface area contributed by atoms with Crippen molar-refractivity contribution in [2.24, 2.45) is 11.8 Å². The highest BCUT2D eigenvalue weighted by Crippen LogP contribution is 2.36. The number of nitrogens with two attached hydrogens (primary N) is 1. The zero-order valence-corrected chi connectivity index (χ0v) is 9.16. The topological polar surface area (TPSA) is 55.1 Å². The molecule has 1 saturated carbocycles. The molecular weight excluding hydrogens is 207 g/mol. The van der Waals surface area contributed by atoms with Crippen molar-refractivity contribution in [3.05, 3.63) is 29.6 Å². The fourth-order valence-electron chi connectivity index (χ4n) is 1.72. The zero-order valence-electron chi connectivity index (χ0n) is 9.16. The van der Waals surface area contributed by atoms with Crippen molar-refractivity contribution in [3.8, 4) is 0 Å². The smallest absolute Gasteiger partial charge is 0.254 e. The molecule has 1 fully saturated rings. The summed E-state index contributed by atoms with van der Waals surface area (Å²) in [6.07, 6.45) is 1.14. The van der Waals surface area contributed by atoms with Gasteiger partial charge in [-0.05, 0) is 36.5 Å². The summed E-state index contributed by atoms with van der Waals surface area (Å²) in [5, 5.41) is 2.72. The van der Waals surface area contributed by atoms with Crippen LogP contribution in [0, 0.1) is 17.7 Å². The predicted molar refractivity (Wildman–Crippen MR) is 60.4 cm³/mol. The number of carbonyl (C=O) groups excluding carboxylic acids is 1. The van der Waals surface area contributed by atoms with E-state index in [9.17, 15) is 9.18 Å². The van der Waals surface area contributed by atoms with E-state index in [0.717, 1.165) is 6.42 Å². The molecule has 16 heavy (non-hydrogen) atoms. The Balaban J connectivity index is 1.99. The van der Waals surface area contributed by atoms with Crippen LogP contribution >= 0.6 is 0 Å². The molecule has 1 aromatic rings. The molecule has 2 atom stereocenters. The van der Waals surface area contributed by atoms with Gasteiger partial charge in [0.15, 0.2) is 0 Å². The van der Waals surface area contributed by atoms with Gasteiger partial charge in [0.25, 0.3) is 5.91 Å². The van der Waals surface area contributed by atoms with E-state index in [0.29, 0.717) is 24.1 Å². The molecule has 3 nitrogen and oxygen atoms in total. The van der Waals surface area contributed by atoms with Gasteiger partial charge in [-0.15, -0.1) is 0 Å². The van der Waals surface area contributed by atoms with E-state index in [4.69, 9.17) is 5.73 Å². The molecule has 1 aliphatic carbocycles. The lowest BCUT2D eigenvalue weighted by molar-refractivity contribution is 0.0947. The number of benzene rings is 1. The second-order valence-electron chi connectivity index (χ2n) is 4.42. The first-order valence-corrected chi connectivity index (χ1v) is 5.41. The van der Waals surface area contributed by atoms with Gasteiger partial charge in [-0.25, -0.2) is 4.39 Å². The molecular formula is C12H15FN2O. The number of nitrogens with one attached hydrogen (secondary N) is 1. The molecule has 1 aromatic carbocycles. The molecule has 0 radical (unpaired) electrons. The summed E-state index contributed by atoms with van der Waals surface area (Å²) < 4.78 is 13.3. The second kappa shape index (κ2) is 4.12. The second-order valence-corrected chi connectivity index (χ2v) is 4.42. The van der Waals surface area contributed by atoms with Gasteiger partial charge in [0.05, 0.1) is 5.56 Å². The first-order chi connectivity index (χ1) is 7.58. The summed E-state index contributed by atoms with van der Waals surface area (Å²) >= 11 is 0. The molecule has 0 saturated heterocycles. The van der Waals surface area contributed by atoms with E-state index < -0.39 is 5.82 Å². The van der Waals surface area contributed by atoms with E-state index in [1.54, 1.807) is 0 Å². The van der Waals surface area contributed by atoms with Gasteiger partial charge in [0.2, 0.25) is 0 Å². The van der Waals surface area contributed by atoms with Crippen LogP contribution < -0.4 is 11.1 Å². The molecule has 86 valence electrons. The van der Waals surface area contributed by atoms with E-state index >= 15 is 0 Å². The van der Waals surface area contributed by atoms with E-state index in [2.05, 4.69) is 12.2 Å². The summed E-state index contributed by atoms with van der Waals surface area (Å²) in [5.41, 5.74) is 5.93. The van der Waals surface area contributed by atoms with Crippen LogP contribution in [-0.2, 0) is 0 Å². The Labute approximate surface area is 93.8 Å². The Kier molecular flexibility index (Phi) is 2.81. The highest BCUT2D eigenvalue weighted by atomic mass is 19.1. The lowest BCUT2D eigenvalue weighted by Crippen LogP contribution is -2.26. The van der Waals surface area contributed by atoms with Gasteiger partial charge in [-0.3, -0.25) is 4.79 Å². The third kappa shape index (κ3) is 2.32. The molecule has 2 rings (SSSR count). The van der Waals surface area contributed by atoms with Gasteiger partial charge in [-0.1, -0.05) is 6.92 Å². The van der Waals surface area contributed by atoms with Crippen molar-refractivity contribution in [3.63, 3.8) is 0 Å². The van der Waals surface area contributed by atoms with Crippen LogP contribution in [-0.4, -0.2) is 12.5 Å². The summed E-state index contributed by atoms with van der Waals surface area (Å²) in [6, 6.07) is 4.01. The summed E-state index contributed by atoms with van der Waals surface area (Å²) in [6.45, 7) is 2.76. The van der Waals surface area contributed by atoms with Crippen LogP contribution in [0.15, 0.2) is 18.2 Å². The van der Waals surface area contributed by atoms with Crippen molar-refractivity contribution < 1.29 is 9.18 Å². The minimum Gasteiger partial charge on any atom is -0.399 e. The standard InChI is InChI=1S/C12H15FN2O/c1-7-4-8(7)6-15-12(16)10-5-9(14)2-3-11(10)13/h2-3,5,7-8H,4,6,14H2,1H3,(H,15,16). The predicted octanol–water partition coefficient (Wildman–Crippen LogP) is 1.79. The number of halogens is 1. The molecule has 2 unspecified atom stereocenters. The first-order valence-electron chi connectivity index (χ1n) is 5.41. The molecule has 1 amide bonds. The Hall–Kier alpha value is -1.58. The minimum atomic E-state index is -0.532. The number of anilines is 1. The lowest BCUT2D eigenvalue weighted by Gasteiger charge is -2.06. The Morgan fingerprint density at radius 1 is 1.62 bits per heavy atom. The molecule has 0 spiro atoms. The Morgan fingerprint density at radius 2 is 2.31 bits per heavy atom. The third-order valence-corrected chi connectivity index (χ3v) is 3.04. The molecule has 0 heterocycles. The summed E-state index contributed by atoms with van der Waals surface area (Å²) in [4.78, 5) is 11.6. The van der Waals surface area contributed by atoms with Crippen molar-refractivity contribution in [1.82, 2.24) is 5.32 Å². The number of nitrogen functional groups attached to an aromatic ring is 1. The molecule has 3 N–H and O–H groups in total.